The van der Waals surface area contributed by atoms with Crippen molar-refractivity contribution < 1.29 is 4.74 Å². The summed E-state index contributed by atoms with van der Waals surface area (Å²) >= 11 is 12.3. The highest BCUT2D eigenvalue weighted by Gasteiger charge is 2.13. The quantitative estimate of drug-likeness (QED) is 0.772. The zero-order chi connectivity index (χ0) is 14.4. The molecular weight excluding hydrogens is 281 g/mol. The van der Waals surface area contributed by atoms with Gasteiger partial charge in [0.2, 0.25) is 0 Å². The smallest absolute Gasteiger partial charge is 0.142 e. The molecule has 1 N–H and O–H groups in total. The number of ether oxygens (including phenoxy) is 1. The van der Waals surface area contributed by atoms with Gasteiger partial charge in [0.15, 0.2) is 0 Å². The van der Waals surface area contributed by atoms with Crippen LogP contribution in [0.1, 0.15) is 39.7 Å². The predicted octanol–water partition coefficient (Wildman–Crippen LogP) is 4.92. The fourth-order valence-corrected chi connectivity index (χ4v) is 2.24. The van der Waals surface area contributed by atoms with Crippen molar-refractivity contribution in [3.63, 3.8) is 0 Å². The van der Waals surface area contributed by atoms with Crippen molar-refractivity contribution in [2.24, 2.45) is 5.92 Å². The van der Waals surface area contributed by atoms with Crippen molar-refractivity contribution in [1.82, 2.24) is 5.32 Å². The maximum absolute atomic E-state index is 6.24. The van der Waals surface area contributed by atoms with E-state index in [9.17, 15) is 0 Å². The van der Waals surface area contributed by atoms with Crippen LogP contribution in [0.3, 0.4) is 0 Å². The Kier molecular flexibility index (Phi) is 6.98. The number of benzene rings is 1. The molecule has 1 aromatic rings. The van der Waals surface area contributed by atoms with E-state index in [1.165, 1.54) is 0 Å². The van der Waals surface area contributed by atoms with Gasteiger partial charge in [-0.25, -0.2) is 0 Å². The van der Waals surface area contributed by atoms with Crippen molar-refractivity contribution in [2.45, 2.75) is 46.8 Å². The number of halogens is 2. The Morgan fingerprint density at radius 3 is 2.47 bits per heavy atom. The Labute approximate surface area is 126 Å². The third kappa shape index (κ3) is 5.60. The summed E-state index contributed by atoms with van der Waals surface area (Å²) in [4.78, 5) is 0. The van der Waals surface area contributed by atoms with Gasteiger partial charge in [-0.1, -0.05) is 44.0 Å². The fourth-order valence-electron chi connectivity index (χ4n) is 1.66. The summed E-state index contributed by atoms with van der Waals surface area (Å²) in [6.07, 6.45) is 1.08. The third-order valence-electron chi connectivity index (χ3n) is 2.85. The highest BCUT2D eigenvalue weighted by molar-refractivity contribution is 6.35. The summed E-state index contributed by atoms with van der Waals surface area (Å²) in [5.41, 5.74) is 1.01. The number of hydrogen-bond donors (Lipinski definition) is 1. The topological polar surface area (TPSA) is 21.3 Å². The standard InChI is InChI=1S/C15H23Cl2NO/c1-5-11(4)19-15-12(9-18-8-10(2)3)6-13(16)7-14(15)17/h6-7,10-11,18H,5,8-9H2,1-4H3. The zero-order valence-electron chi connectivity index (χ0n) is 12.1. The second-order valence-corrected chi connectivity index (χ2v) is 6.08. The molecule has 1 atom stereocenters. The summed E-state index contributed by atoms with van der Waals surface area (Å²) in [5, 5.41) is 4.61. The van der Waals surface area contributed by atoms with Crippen molar-refractivity contribution in [2.75, 3.05) is 6.54 Å². The summed E-state index contributed by atoms with van der Waals surface area (Å²) < 4.78 is 5.91. The number of nitrogens with one attached hydrogen (secondary N) is 1. The molecule has 0 radical (unpaired) electrons. The Morgan fingerprint density at radius 2 is 1.89 bits per heavy atom. The van der Waals surface area contributed by atoms with E-state index in [0.717, 1.165) is 24.3 Å². The second kappa shape index (κ2) is 7.98. The molecule has 1 unspecified atom stereocenters. The lowest BCUT2D eigenvalue weighted by atomic mass is 10.1. The van der Waals surface area contributed by atoms with Crippen LogP contribution in [0.4, 0.5) is 0 Å². The van der Waals surface area contributed by atoms with E-state index >= 15 is 0 Å². The first-order valence-electron chi connectivity index (χ1n) is 6.79. The van der Waals surface area contributed by atoms with Crippen LogP contribution in [0.5, 0.6) is 5.75 Å². The summed E-state index contributed by atoms with van der Waals surface area (Å²) in [6, 6.07) is 3.64. The molecule has 1 rings (SSSR count). The lowest BCUT2D eigenvalue weighted by molar-refractivity contribution is 0.215. The molecule has 0 fully saturated rings. The predicted molar refractivity (Wildman–Crippen MR) is 83.4 cm³/mol. The maximum atomic E-state index is 6.24. The Hall–Kier alpha value is -0.440. The second-order valence-electron chi connectivity index (χ2n) is 5.24. The third-order valence-corrected chi connectivity index (χ3v) is 3.35. The number of rotatable bonds is 7. The zero-order valence-corrected chi connectivity index (χ0v) is 13.6. The van der Waals surface area contributed by atoms with Gasteiger partial charge in [0.1, 0.15) is 5.75 Å². The number of hydrogen-bond acceptors (Lipinski definition) is 2. The minimum Gasteiger partial charge on any atom is -0.489 e. The van der Waals surface area contributed by atoms with E-state index in [1.54, 1.807) is 6.07 Å². The largest absolute Gasteiger partial charge is 0.489 e. The van der Waals surface area contributed by atoms with Crippen LogP contribution in [0, 0.1) is 5.92 Å². The van der Waals surface area contributed by atoms with Crippen molar-refractivity contribution in [3.05, 3.63) is 27.7 Å². The summed E-state index contributed by atoms with van der Waals surface area (Å²) in [5.74, 6) is 1.35. The van der Waals surface area contributed by atoms with Crippen LogP contribution in [-0.4, -0.2) is 12.6 Å². The first-order valence-corrected chi connectivity index (χ1v) is 7.54. The van der Waals surface area contributed by atoms with E-state index in [0.29, 0.717) is 22.5 Å². The minimum absolute atomic E-state index is 0.141. The molecule has 0 aliphatic heterocycles. The molecule has 0 bridgehead atoms. The molecule has 0 amide bonds. The highest BCUT2D eigenvalue weighted by Crippen LogP contribution is 2.33. The first-order chi connectivity index (χ1) is 8.93. The molecule has 108 valence electrons. The highest BCUT2D eigenvalue weighted by atomic mass is 35.5. The van der Waals surface area contributed by atoms with Crippen LogP contribution < -0.4 is 10.1 Å². The van der Waals surface area contributed by atoms with Gasteiger partial charge in [-0.2, -0.15) is 0 Å². The van der Waals surface area contributed by atoms with Crippen LogP contribution >= 0.6 is 23.2 Å². The van der Waals surface area contributed by atoms with E-state index < -0.39 is 0 Å². The lowest BCUT2D eigenvalue weighted by Crippen LogP contribution is -2.20. The lowest BCUT2D eigenvalue weighted by Gasteiger charge is -2.18. The van der Waals surface area contributed by atoms with Crippen LogP contribution in [0.25, 0.3) is 0 Å². The fraction of sp³-hybridized carbons (Fsp3) is 0.600. The molecule has 0 aromatic heterocycles. The van der Waals surface area contributed by atoms with E-state index in [-0.39, 0.29) is 6.10 Å². The average molecular weight is 304 g/mol. The molecule has 0 saturated carbocycles. The first kappa shape index (κ1) is 16.6. The summed E-state index contributed by atoms with van der Waals surface area (Å²) in [7, 11) is 0. The van der Waals surface area contributed by atoms with Crippen LogP contribution in [-0.2, 0) is 6.54 Å². The van der Waals surface area contributed by atoms with Crippen molar-refractivity contribution in [3.8, 4) is 5.75 Å². The summed E-state index contributed by atoms with van der Waals surface area (Å²) in [6.45, 7) is 10.1. The van der Waals surface area contributed by atoms with E-state index in [2.05, 4.69) is 26.1 Å². The van der Waals surface area contributed by atoms with Gasteiger partial charge < -0.3 is 10.1 Å². The molecule has 4 heteroatoms. The van der Waals surface area contributed by atoms with Gasteiger partial charge in [-0.3, -0.25) is 0 Å². The Morgan fingerprint density at radius 1 is 1.21 bits per heavy atom. The molecule has 2 nitrogen and oxygen atoms in total. The Balaban J connectivity index is 2.86. The van der Waals surface area contributed by atoms with E-state index in [4.69, 9.17) is 27.9 Å². The molecule has 0 heterocycles. The molecule has 0 aliphatic carbocycles. The van der Waals surface area contributed by atoms with Crippen LogP contribution in [0.2, 0.25) is 10.0 Å². The molecule has 19 heavy (non-hydrogen) atoms. The normalized spacial score (nSPS) is 12.8. The van der Waals surface area contributed by atoms with Gasteiger partial charge in [0, 0.05) is 17.1 Å². The molecular formula is C15H23Cl2NO. The molecule has 1 aromatic carbocycles. The maximum Gasteiger partial charge on any atom is 0.142 e. The van der Waals surface area contributed by atoms with Gasteiger partial charge in [0.05, 0.1) is 11.1 Å². The van der Waals surface area contributed by atoms with Gasteiger partial charge in [-0.15, -0.1) is 0 Å². The van der Waals surface area contributed by atoms with Gasteiger partial charge in [-0.05, 0) is 37.9 Å². The van der Waals surface area contributed by atoms with Crippen molar-refractivity contribution >= 4 is 23.2 Å². The minimum atomic E-state index is 0.141. The van der Waals surface area contributed by atoms with Gasteiger partial charge in [0.25, 0.3) is 0 Å². The monoisotopic (exact) mass is 303 g/mol. The van der Waals surface area contributed by atoms with Crippen molar-refractivity contribution in [1.29, 1.82) is 0 Å². The van der Waals surface area contributed by atoms with E-state index in [1.807, 2.05) is 13.0 Å². The van der Waals surface area contributed by atoms with Gasteiger partial charge >= 0.3 is 0 Å². The molecule has 0 spiro atoms. The Bertz CT molecular complexity index is 407. The molecule has 0 aliphatic rings. The SMILES string of the molecule is CCC(C)Oc1c(Cl)cc(Cl)cc1CNCC(C)C. The van der Waals surface area contributed by atoms with Crippen LogP contribution in [0.15, 0.2) is 12.1 Å². The molecule has 0 saturated heterocycles. The average Bonchev–Trinajstić information content (AvgIpc) is 2.32.